The van der Waals surface area contributed by atoms with Gasteiger partial charge in [0.2, 0.25) is 5.88 Å². The first-order valence-electron chi connectivity index (χ1n) is 11.4. The zero-order valence-electron chi connectivity index (χ0n) is 19.8. The molecule has 6 nitrogen and oxygen atoms in total. The number of pyridine rings is 1. The number of aryl methyl sites for hydroxylation is 1. The lowest BCUT2D eigenvalue weighted by molar-refractivity contribution is 0.398. The largest absolute Gasteiger partial charge is 0.481 e. The van der Waals surface area contributed by atoms with Crippen molar-refractivity contribution in [1.29, 1.82) is 0 Å². The van der Waals surface area contributed by atoms with E-state index in [0.717, 1.165) is 44.8 Å². The van der Waals surface area contributed by atoms with E-state index in [4.69, 9.17) is 14.7 Å². The summed E-state index contributed by atoms with van der Waals surface area (Å²) in [6.45, 7) is 6.26. The number of benzene rings is 3. The van der Waals surface area contributed by atoms with Crippen LogP contribution in [-0.2, 0) is 0 Å². The van der Waals surface area contributed by atoms with Gasteiger partial charge in [-0.25, -0.2) is 9.97 Å². The van der Waals surface area contributed by atoms with Gasteiger partial charge in [-0.2, -0.15) is 0 Å². The predicted octanol–water partition coefficient (Wildman–Crippen LogP) is 5.90. The molecular weight excluding hydrogens is 422 g/mol. The van der Waals surface area contributed by atoms with E-state index in [9.17, 15) is 0 Å². The highest BCUT2D eigenvalue weighted by molar-refractivity contribution is 5.84. The third kappa shape index (κ3) is 4.22. The Morgan fingerprint density at radius 1 is 0.971 bits per heavy atom. The molecule has 1 aliphatic heterocycles. The Hall–Kier alpha value is -4.19. The summed E-state index contributed by atoms with van der Waals surface area (Å²) < 4.78 is 7.45. The first-order valence-corrected chi connectivity index (χ1v) is 11.4. The lowest BCUT2D eigenvalue weighted by atomic mass is 10.1. The van der Waals surface area contributed by atoms with Gasteiger partial charge in [-0.1, -0.05) is 29.8 Å². The number of anilines is 2. The number of rotatable bonds is 5. The monoisotopic (exact) mass is 449 g/mol. The quantitative estimate of drug-likeness (QED) is 0.340. The molecule has 0 saturated heterocycles. The molecule has 2 aromatic carbocycles. The fourth-order valence-electron chi connectivity index (χ4n) is 4.03. The average molecular weight is 450 g/mol. The summed E-state index contributed by atoms with van der Waals surface area (Å²) in [5, 5.41) is 4.35. The van der Waals surface area contributed by atoms with Crippen LogP contribution in [0.3, 0.4) is 0 Å². The summed E-state index contributed by atoms with van der Waals surface area (Å²) >= 11 is 0. The summed E-state index contributed by atoms with van der Waals surface area (Å²) in [7, 11) is 1.61. The number of hydrogen-bond acceptors (Lipinski definition) is 5. The molecule has 6 heteroatoms. The van der Waals surface area contributed by atoms with E-state index in [0.29, 0.717) is 5.88 Å². The average Bonchev–Trinajstić information content (AvgIpc) is 2.84. The standard InChI is InChI=1S/C28H27N5O/c1-18(2)30-24-16-27-25(15-23(24)31-20-11-14-28(34-4)29-17-20)32-22-7-5-6-8-26(22)33(27)21-12-9-19(3)10-13-21/h5-18,31H,1-4H3. The number of aromatic nitrogens is 3. The first kappa shape index (κ1) is 21.6. The molecule has 1 aliphatic carbocycles. The van der Waals surface area contributed by atoms with E-state index < -0.39 is 0 Å². The van der Waals surface area contributed by atoms with Crippen molar-refractivity contribution in [3.8, 4) is 23.0 Å². The molecule has 5 rings (SSSR count). The summed E-state index contributed by atoms with van der Waals surface area (Å²) in [6.07, 6.45) is 1.75. The van der Waals surface area contributed by atoms with Gasteiger partial charge in [0.25, 0.3) is 0 Å². The maximum atomic E-state index is 5.19. The molecule has 2 aliphatic rings. The van der Waals surface area contributed by atoms with Gasteiger partial charge in [-0.3, -0.25) is 4.99 Å². The Morgan fingerprint density at radius 3 is 2.47 bits per heavy atom. The van der Waals surface area contributed by atoms with Gasteiger partial charge in [0, 0.05) is 17.8 Å². The van der Waals surface area contributed by atoms with Gasteiger partial charge in [-0.05, 0) is 63.2 Å². The number of fused-ring (bicyclic) bond motifs is 2. The van der Waals surface area contributed by atoms with Gasteiger partial charge >= 0.3 is 0 Å². The van der Waals surface area contributed by atoms with E-state index >= 15 is 0 Å². The van der Waals surface area contributed by atoms with Gasteiger partial charge in [0.05, 0.1) is 52.5 Å². The number of hydrogen-bond donors (Lipinski definition) is 1. The Kier molecular flexibility index (Phi) is 5.72. The minimum Gasteiger partial charge on any atom is -0.481 e. The van der Waals surface area contributed by atoms with Crippen molar-refractivity contribution in [3.05, 3.63) is 89.9 Å². The second kappa shape index (κ2) is 8.98. The fourth-order valence-corrected chi connectivity index (χ4v) is 4.03. The normalized spacial score (nSPS) is 12.0. The molecule has 0 fully saturated rings. The smallest absolute Gasteiger partial charge is 0.213 e. The molecule has 0 atom stereocenters. The van der Waals surface area contributed by atoms with Crippen LogP contribution in [0.15, 0.2) is 84.0 Å². The van der Waals surface area contributed by atoms with Crippen molar-refractivity contribution < 1.29 is 4.74 Å². The highest BCUT2D eigenvalue weighted by atomic mass is 16.5. The molecule has 0 bridgehead atoms. The maximum absolute atomic E-state index is 5.19. The van der Waals surface area contributed by atoms with Crippen LogP contribution in [0.1, 0.15) is 19.4 Å². The molecule has 0 spiro atoms. The molecule has 34 heavy (non-hydrogen) atoms. The molecule has 0 saturated carbocycles. The van der Waals surface area contributed by atoms with Crippen LogP contribution in [0.25, 0.3) is 28.1 Å². The number of para-hydroxylation sites is 2. The predicted molar refractivity (Wildman–Crippen MR) is 137 cm³/mol. The van der Waals surface area contributed by atoms with Gasteiger partial charge in [0.15, 0.2) is 0 Å². The SMILES string of the molecule is COc1ccc(Nc2cc3nc4ccccc4n(-c4ccc(C)cc4)c-3cc2=NC(C)C)cn1. The van der Waals surface area contributed by atoms with Gasteiger partial charge < -0.3 is 14.6 Å². The van der Waals surface area contributed by atoms with Gasteiger partial charge in [0.1, 0.15) is 0 Å². The van der Waals surface area contributed by atoms with Crippen molar-refractivity contribution >= 4 is 22.4 Å². The summed E-state index contributed by atoms with van der Waals surface area (Å²) in [5.41, 5.74) is 7.91. The topological polar surface area (TPSA) is 64.3 Å². The molecule has 3 aromatic rings. The number of nitrogens with zero attached hydrogens (tertiary/aromatic N) is 4. The molecule has 0 unspecified atom stereocenters. The third-order valence-electron chi connectivity index (χ3n) is 5.61. The Bertz CT molecular complexity index is 1480. The minimum absolute atomic E-state index is 0.133. The lowest BCUT2D eigenvalue weighted by Crippen LogP contribution is -2.16. The Labute approximate surface area is 199 Å². The second-order valence-corrected chi connectivity index (χ2v) is 8.57. The van der Waals surface area contributed by atoms with Crippen molar-refractivity contribution in [2.45, 2.75) is 26.8 Å². The van der Waals surface area contributed by atoms with Crippen LogP contribution < -0.4 is 15.4 Å². The zero-order valence-corrected chi connectivity index (χ0v) is 19.8. The zero-order chi connectivity index (χ0) is 23.7. The Balaban J connectivity index is 1.77. The van der Waals surface area contributed by atoms with Crippen LogP contribution >= 0.6 is 0 Å². The summed E-state index contributed by atoms with van der Waals surface area (Å²) in [5.74, 6) is 0.573. The highest BCUT2D eigenvalue weighted by Gasteiger charge is 2.16. The minimum atomic E-state index is 0.133. The number of methoxy groups -OCH3 is 1. The molecule has 2 heterocycles. The number of nitrogens with one attached hydrogen (secondary N) is 1. The van der Waals surface area contributed by atoms with E-state index in [1.807, 2.05) is 30.3 Å². The van der Waals surface area contributed by atoms with E-state index in [1.54, 1.807) is 13.3 Å². The fraction of sp³-hybridized carbons (Fsp3) is 0.179. The van der Waals surface area contributed by atoms with Gasteiger partial charge in [-0.15, -0.1) is 0 Å². The Morgan fingerprint density at radius 2 is 1.76 bits per heavy atom. The molecule has 170 valence electrons. The van der Waals surface area contributed by atoms with Crippen molar-refractivity contribution in [1.82, 2.24) is 14.5 Å². The second-order valence-electron chi connectivity index (χ2n) is 8.57. The molecule has 1 aromatic heterocycles. The van der Waals surface area contributed by atoms with E-state index in [1.165, 1.54) is 5.56 Å². The van der Waals surface area contributed by atoms with Crippen LogP contribution in [0.2, 0.25) is 0 Å². The van der Waals surface area contributed by atoms with Crippen molar-refractivity contribution in [2.75, 3.05) is 12.4 Å². The van der Waals surface area contributed by atoms with Crippen LogP contribution in [0.4, 0.5) is 11.4 Å². The molecule has 0 amide bonds. The van der Waals surface area contributed by atoms with Crippen LogP contribution in [0, 0.1) is 6.92 Å². The van der Waals surface area contributed by atoms with E-state index in [2.05, 4.69) is 78.1 Å². The van der Waals surface area contributed by atoms with E-state index in [-0.39, 0.29) is 6.04 Å². The summed E-state index contributed by atoms with van der Waals surface area (Å²) in [4.78, 5) is 14.2. The maximum Gasteiger partial charge on any atom is 0.213 e. The lowest BCUT2D eigenvalue weighted by Gasteiger charge is -2.20. The molecule has 1 N–H and O–H groups in total. The van der Waals surface area contributed by atoms with Crippen molar-refractivity contribution in [3.63, 3.8) is 0 Å². The molecule has 0 radical (unpaired) electrons. The third-order valence-corrected chi connectivity index (χ3v) is 5.61. The molecular formula is C28H27N5O. The van der Waals surface area contributed by atoms with Crippen molar-refractivity contribution in [2.24, 2.45) is 4.99 Å². The van der Waals surface area contributed by atoms with Crippen LogP contribution in [0.5, 0.6) is 5.88 Å². The summed E-state index contributed by atoms with van der Waals surface area (Å²) in [6, 6.07) is 24.9. The van der Waals surface area contributed by atoms with Crippen LogP contribution in [-0.4, -0.2) is 27.7 Å². The highest BCUT2D eigenvalue weighted by Crippen LogP contribution is 2.30. The first-order chi connectivity index (χ1) is 16.5. The number of ether oxygens (including phenoxy) is 1.